The molecule has 3 N–H and O–H groups in total. The van der Waals surface area contributed by atoms with Gasteiger partial charge in [0.1, 0.15) is 17.0 Å². The third-order valence-electron chi connectivity index (χ3n) is 4.43. The Hall–Kier alpha value is -4.14. The van der Waals surface area contributed by atoms with E-state index >= 15 is 0 Å². The first-order chi connectivity index (χ1) is 14.0. The van der Waals surface area contributed by atoms with Crippen LogP contribution in [0.5, 0.6) is 11.5 Å². The molecule has 2 aromatic carbocycles. The normalized spacial score (nSPS) is 10.8. The summed E-state index contributed by atoms with van der Waals surface area (Å²) in [5.41, 5.74) is 6.41. The minimum atomic E-state index is -0.773. The van der Waals surface area contributed by atoms with Crippen molar-refractivity contribution in [2.45, 2.75) is 0 Å². The zero-order valence-corrected chi connectivity index (χ0v) is 15.7. The Labute approximate surface area is 164 Å². The van der Waals surface area contributed by atoms with E-state index in [0.29, 0.717) is 22.7 Å². The van der Waals surface area contributed by atoms with E-state index < -0.39 is 11.6 Å². The van der Waals surface area contributed by atoms with Crippen molar-refractivity contribution in [1.29, 1.82) is 0 Å². The third kappa shape index (κ3) is 3.08. The lowest BCUT2D eigenvalue weighted by Gasteiger charge is -2.11. The van der Waals surface area contributed by atoms with Crippen molar-refractivity contribution in [1.82, 2.24) is 19.5 Å². The van der Waals surface area contributed by atoms with Crippen LogP contribution in [0, 0.1) is 0 Å². The van der Waals surface area contributed by atoms with E-state index in [4.69, 9.17) is 15.2 Å². The van der Waals surface area contributed by atoms with E-state index in [1.807, 2.05) is 18.2 Å². The van der Waals surface area contributed by atoms with Crippen molar-refractivity contribution in [2.75, 3.05) is 14.2 Å². The lowest BCUT2D eigenvalue weighted by Crippen LogP contribution is -2.16. The molecule has 0 aliphatic carbocycles. The average molecular weight is 391 g/mol. The molecule has 0 aliphatic heterocycles. The van der Waals surface area contributed by atoms with E-state index in [1.165, 1.54) is 18.8 Å². The Morgan fingerprint density at radius 1 is 1.07 bits per heavy atom. The maximum absolute atomic E-state index is 12.8. The number of methoxy groups -OCH3 is 2. The van der Waals surface area contributed by atoms with Gasteiger partial charge in [-0.25, -0.2) is 19.3 Å². The van der Waals surface area contributed by atoms with Crippen LogP contribution in [-0.4, -0.2) is 39.6 Å². The van der Waals surface area contributed by atoms with Gasteiger partial charge in [0.05, 0.1) is 19.9 Å². The van der Waals surface area contributed by atoms with Crippen LogP contribution in [0.25, 0.3) is 28.2 Å². The summed E-state index contributed by atoms with van der Waals surface area (Å²) in [5, 5.41) is 0. The number of aromatic amines is 1. The summed E-state index contributed by atoms with van der Waals surface area (Å²) in [6.07, 6.45) is 0. The van der Waals surface area contributed by atoms with Crippen LogP contribution in [-0.2, 0) is 0 Å². The van der Waals surface area contributed by atoms with Crippen molar-refractivity contribution in [2.24, 2.45) is 5.73 Å². The van der Waals surface area contributed by atoms with Gasteiger partial charge >= 0.3 is 5.69 Å². The largest absolute Gasteiger partial charge is 0.497 e. The highest BCUT2D eigenvalue weighted by atomic mass is 16.5. The molecule has 4 aromatic rings. The van der Waals surface area contributed by atoms with Gasteiger partial charge in [0.15, 0.2) is 17.2 Å². The second-order valence-corrected chi connectivity index (χ2v) is 6.13. The van der Waals surface area contributed by atoms with Crippen LogP contribution >= 0.6 is 0 Å². The molecule has 0 fully saturated rings. The van der Waals surface area contributed by atoms with Crippen molar-refractivity contribution in [3.8, 4) is 28.6 Å². The van der Waals surface area contributed by atoms with Crippen LogP contribution in [0.15, 0.2) is 53.3 Å². The number of hydrogen-bond acceptors (Lipinski definition) is 6. The van der Waals surface area contributed by atoms with E-state index in [1.54, 1.807) is 30.3 Å². The van der Waals surface area contributed by atoms with Gasteiger partial charge in [-0.15, -0.1) is 0 Å². The Morgan fingerprint density at radius 2 is 1.83 bits per heavy atom. The average Bonchev–Trinajstić information content (AvgIpc) is 3.08. The molecular formula is C20H17N5O4. The number of nitrogens with two attached hydrogens (primary N) is 1. The van der Waals surface area contributed by atoms with Gasteiger partial charge in [-0.1, -0.05) is 30.3 Å². The summed E-state index contributed by atoms with van der Waals surface area (Å²) >= 11 is 0. The SMILES string of the molecule is COc1ccc(-n2c(=O)[nH]c3c(C(N)=O)nc(-c4ccccc4)nc32)c(OC)c1. The summed E-state index contributed by atoms with van der Waals surface area (Å²) in [4.78, 5) is 36.2. The Bertz CT molecular complexity index is 1280. The number of benzene rings is 2. The smallest absolute Gasteiger partial charge is 0.332 e. The van der Waals surface area contributed by atoms with E-state index in [-0.39, 0.29) is 22.7 Å². The molecule has 2 aromatic heterocycles. The Kier molecular flexibility index (Phi) is 4.47. The highest BCUT2D eigenvalue weighted by molar-refractivity contribution is 6.02. The number of nitrogens with zero attached hydrogens (tertiary/aromatic N) is 3. The van der Waals surface area contributed by atoms with Crippen molar-refractivity contribution in [3.05, 3.63) is 64.7 Å². The van der Waals surface area contributed by atoms with Gasteiger partial charge in [0, 0.05) is 11.6 Å². The third-order valence-corrected chi connectivity index (χ3v) is 4.43. The molecule has 4 rings (SSSR count). The molecule has 0 radical (unpaired) electrons. The second kappa shape index (κ2) is 7.12. The Balaban J connectivity index is 2.06. The summed E-state index contributed by atoms with van der Waals surface area (Å²) in [7, 11) is 3.02. The summed E-state index contributed by atoms with van der Waals surface area (Å²) in [6.45, 7) is 0. The molecule has 9 heteroatoms. The maximum Gasteiger partial charge on any atom is 0.332 e. The fourth-order valence-corrected chi connectivity index (χ4v) is 3.07. The lowest BCUT2D eigenvalue weighted by atomic mass is 10.2. The van der Waals surface area contributed by atoms with Gasteiger partial charge < -0.3 is 20.2 Å². The topological polar surface area (TPSA) is 125 Å². The highest BCUT2D eigenvalue weighted by Gasteiger charge is 2.21. The van der Waals surface area contributed by atoms with Crippen LogP contribution in [0.2, 0.25) is 0 Å². The molecule has 9 nitrogen and oxygen atoms in total. The van der Waals surface area contributed by atoms with Crippen LogP contribution in [0.1, 0.15) is 10.5 Å². The molecule has 0 aliphatic rings. The number of imidazole rings is 1. The number of carbonyl (C=O) groups excluding carboxylic acids is 1. The molecule has 0 unspecified atom stereocenters. The number of nitrogens with one attached hydrogen (secondary N) is 1. The van der Waals surface area contributed by atoms with E-state index in [2.05, 4.69) is 15.0 Å². The van der Waals surface area contributed by atoms with E-state index in [9.17, 15) is 9.59 Å². The highest BCUT2D eigenvalue weighted by Crippen LogP contribution is 2.29. The number of primary amides is 1. The number of carbonyl (C=O) groups is 1. The minimum absolute atomic E-state index is 0.0721. The van der Waals surface area contributed by atoms with Crippen LogP contribution in [0.4, 0.5) is 0 Å². The first-order valence-electron chi connectivity index (χ1n) is 8.64. The Morgan fingerprint density at radius 3 is 2.48 bits per heavy atom. The molecule has 1 amide bonds. The van der Waals surface area contributed by atoms with Crippen molar-refractivity contribution in [3.63, 3.8) is 0 Å². The fraction of sp³-hybridized carbons (Fsp3) is 0.100. The van der Waals surface area contributed by atoms with Crippen molar-refractivity contribution < 1.29 is 14.3 Å². The summed E-state index contributed by atoms with van der Waals surface area (Å²) in [5.74, 6) is 0.459. The van der Waals surface area contributed by atoms with Gasteiger partial charge in [0.2, 0.25) is 0 Å². The number of amides is 1. The molecule has 0 bridgehead atoms. The molecule has 0 atom stereocenters. The number of fused-ring (bicyclic) bond motifs is 1. The zero-order chi connectivity index (χ0) is 20.5. The monoisotopic (exact) mass is 391 g/mol. The molecule has 2 heterocycles. The predicted molar refractivity (Wildman–Crippen MR) is 107 cm³/mol. The first-order valence-corrected chi connectivity index (χ1v) is 8.64. The number of rotatable bonds is 5. The summed E-state index contributed by atoms with van der Waals surface area (Å²) < 4.78 is 11.9. The molecule has 146 valence electrons. The number of H-pyrrole nitrogens is 1. The number of aromatic nitrogens is 4. The quantitative estimate of drug-likeness (QED) is 0.535. The zero-order valence-electron chi connectivity index (χ0n) is 15.7. The minimum Gasteiger partial charge on any atom is -0.497 e. The van der Waals surface area contributed by atoms with E-state index in [0.717, 1.165) is 0 Å². The molecule has 0 saturated heterocycles. The second-order valence-electron chi connectivity index (χ2n) is 6.13. The van der Waals surface area contributed by atoms with Crippen LogP contribution < -0.4 is 20.9 Å². The summed E-state index contributed by atoms with van der Waals surface area (Å²) in [6, 6.07) is 14.1. The standard InChI is InChI=1S/C20H17N5O4/c1-28-12-8-9-13(14(10-12)29-2)25-19-16(23-20(25)27)15(17(21)26)22-18(24-19)11-6-4-3-5-7-11/h3-10H,1-2H3,(H2,21,26)(H,23,27). The predicted octanol–water partition coefficient (Wildman–Crippen LogP) is 1.89. The van der Waals surface area contributed by atoms with Gasteiger partial charge in [-0.05, 0) is 12.1 Å². The molecule has 29 heavy (non-hydrogen) atoms. The van der Waals surface area contributed by atoms with Gasteiger partial charge in [-0.2, -0.15) is 0 Å². The van der Waals surface area contributed by atoms with Crippen LogP contribution in [0.3, 0.4) is 0 Å². The van der Waals surface area contributed by atoms with Gasteiger partial charge in [0.25, 0.3) is 5.91 Å². The first kappa shape index (κ1) is 18.2. The molecular weight excluding hydrogens is 374 g/mol. The number of hydrogen-bond donors (Lipinski definition) is 2. The number of ether oxygens (including phenoxy) is 2. The lowest BCUT2D eigenvalue weighted by molar-refractivity contribution is 0.0997. The molecule has 0 saturated carbocycles. The van der Waals surface area contributed by atoms with Gasteiger partial charge in [-0.3, -0.25) is 4.79 Å². The maximum atomic E-state index is 12.8. The molecule has 0 spiro atoms. The van der Waals surface area contributed by atoms with Crippen molar-refractivity contribution >= 4 is 17.1 Å². The fourth-order valence-electron chi connectivity index (χ4n) is 3.07.